The van der Waals surface area contributed by atoms with Crippen LogP contribution in [-0.4, -0.2) is 11.1 Å². The number of carbonyl (C=O) groups excluding carboxylic acids is 1. The average Bonchev–Trinajstić information content (AvgIpc) is 2.85. The lowest BCUT2D eigenvalue weighted by atomic mass is 9.80. The Labute approximate surface area is 215 Å². The van der Waals surface area contributed by atoms with Gasteiger partial charge in [0.25, 0.3) is 0 Å². The van der Waals surface area contributed by atoms with Crippen LogP contribution in [0.15, 0.2) is 91.1 Å². The maximum Gasteiger partial charge on any atom is 0.416 e. The molecular weight excluding hydrogens is 508 g/mol. The molecule has 1 aromatic heterocycles. The number of hydrogen-bond acceptors (Lipinski definition) is 3. The molecule has 3 aromatic carbocycles. The van der Waals surface area contributed by atoms with Gasteiger partial charge in [-0.3, -0.25) is 4.98 Å². The number of aromatic nitrogens is 1. The Morgan fingerprint density at radius 1 is 0.946 bits per heavy atom. The first-order valence-electron chi connectivity index (χ1n) is 11.2. The summed E-state index contributed by atoms with van der Waals surface area (Å²) in [5.74, 6) is -0.902. The molecule has 1 atom stereocenters. The molecule has 190 valence electrons. The molecule has 1 amide bonds. The van der Waals surface area contributed by atoms with Gasteiger partial charge in [-0.1, -0.05) is 59.6 Å². The molecule has 1 heterocycles. The maximum atomic E-state index is 14.6. The minimum atomic E-state index is -4.83. The van der Waals surface area contributed by atoms with Gasteiger partial charge in [0.15, 0.2) is 0 Å². The Balaban J connectivity index is 1.90. The number of aryl methyl sites for hydroxylation is 1. The predicted octanol–water partition coefficient (Wildman–Crippen LogP) is 7.48. The molecule has 0 radical (unpaired) electrons. The summed E-state index contributed by atoms with van der Waals surface area (Å²) >= 11 is 6.02. The zero-order chi connectivity index (χ0) is 26.6. The molecule has 4 aromatic rings. The Morgan fingerprint density at radius 2 is 1.62 bits per heavy atom. The van der Waals surface area contributed by atoms with Crippen molar-refractivity contribution < 1.29 is 27.1 Å². The number of nitrogens with one attached hydrogen (secondary N) is 1. The summed E-state index contributed by atoms with van der Waals surface area (Å²) in [5.41, 5.74) is -1.40. The summed E-state index contributed by atoms with van der Waals surface area (Å²) in [6.45, 7) is 1.86. The van der Waals surface area contributed by atoms with Gasteiger partial charge in [-0.15, -0.1) is 0 Å². The largest absolute Gasteiger partial charge is 0.416 e. The van der Waals surface area contributed by atoms with E-state index in [1.165, 1.54) is 18.3 Å². The zero-order valence-corrected chi connectivity index (χ0v) is 20.3. The van der Waals surface area contributed by atoms with Crippen LogP contribution in [-0.2, 0) is 18.1 Å². The highest BCUT2D eigenvalue weighted by Gasteiger charge is 2.41. The van der Waals surface area contributed by atoms with Crippen LogP contribution in [0.5, 0.6) is 5.75 Å². The molecular formula is C28H21ClF4N2O2. The second kappa shape index (κ2) is 10.6. The van der Waals surface area contributed by atoms with Crippen molar-refractivity contribution in [1.82, 2.24) is 10.3 Å². The SMILES string of the molecule is Cc1ccc(OC(=O)N[C@@](Cc2ccccc2)(c2cc(F)cc(C(F)(F)F)c2)c2ccc(Cl)cn2)cc1. The van der Waals surface area contributed by atoms with E-state index in [1.807, 2.05) is 6.92 Å². The molecule has 0 aliphatic carbocycles. The minimum Gasteiger partial charge on any atom is -0.410 e. The zero-order valence-electron chi connectivity index (χ0n) is 19.5. The second-order valence-corrected chi connectivity index (χ2v) is 8.92. The molecule has 1 N–H and O–H groups in total. The van der Waals surface area contributed by atoms with E-state index >= 15 is 0 Å². The van der Waals surface area contributed by atoms with Crippen molar-refractivity contribution in [3.63, 3.8) is 0 Å². The number of rotatable bonds is 6. The van der Waals surface area contributed by atoms with Gasteiger partial charge in [0.2, 0.25) is 0 Å². The normalized spacial score (nSPS) is 13.0. The van der Waals surface area contributed by atoms with Gasteiger partial charge in [-0.05, 0) is 60.5 Å². The fourth-order valence-electron chi connectivity index (χ4n) is 3.96. The maximum absolute atomic E-state index is 14.6. The summed E-state index contributed by atoms with van der Waals surface area (Å²) in [6, 6.07) is 20.5. The fraction of sp³-hybridized carbons (Fsp3) is 0.143. The highest BCUT2D eigenvalue weighted by Crippen LogP contribution is 2.38. The third-order valence-corrected chi connectivity index (χ3v) is 5.97. The molecule has 37 heavy (non-hydrogen) atoms. The number of pyridine rings is 1. The third kappa shape index (κ3) is 6.27. The molecule has 0 unspecified atom stereocenters. The number of amides is 1. The number of benzene rings is 3. The first-order valence-corrected chi connectivity index (χ1v) is 11.5. The molecule has 4 nitrogen and oxygen atoms in total. The van der Waals surface area contributed by atoms with Gasteiger partial charge in [-0.2, -0.15) is 13.2 Å². The first kappa shape index (κ1) is 26.2. The lowest BCUT2D eigenvalue weighted by Crippen LogP contribution is -2.50. The summed E-state index contributed by atoms with van der Waals surface area (Å²) < 4.78 is 61.1. The summed E-state index contributed by atoms with van der Waals surface area (Å²) in [7, 11) is 0. The van der Waals surface area contributed by atoms with E-state index in [4.69, 9.17) is 16.3 Å². The molecule has 0 aliphatic rings. The van der Waals surface area contributed by atoms with Crippen LogP contribution in [0.1, 0.15) is 27.9 Å². The van der Waals surface area contributed by atoms with Crippen molar-refractivity contribution in [3.05, 3.63) is 130 Å². The number of ether oxygens (including phenoxy) is 1. The average molecular weight is 529 g/mol. The van der Waals surface area contributed by atoms with E-state index in [1.54, 1.807) is 54.6 Å². The monoisotopic (exact) mass is 528 g/mol. The number of carbonyl (C=O) groups is 1. The Kier molecular flexibility index (Phi) is 7.50. The smallest absolute Gasteiger partial charge is 0.410 e. The standard InChI is InChI=1S/C28H21ClF4N2O2/c1-18-7-10-24(11-8-18)37-26(36)35-27(16-19-5-3-2-4-6-19,25-12-9-22(29)17-34-25)20-13-21(28(31,32)33)15-23(30)14-20/h2-15,17H,16H2,1H3,(H,35,36)/t27-/m0/s1. The van der Waals surface area contributed by atoms with Crippen LogP contribution < -0.4 is 10.1 Å². The Hall–Kier alpha value is -3.91. The minimum absolute atomic E-state index is 0.0633. The molecule has 0 fully saturated rings. The van der Waals surface area contributed by atoms with Crippen LogP contribution in [0.2, 0.25) is 5.02 Å². The first-order chi connectivity index (χ1) is 17.5. The van der Waals surface area contributed by atoms with E-state index < -0.39 is 29.2 Å². The van der Waals surface area contributed by atoms with Crippen LogP contribution in [0.25, 0.3) is 0 Å². The van der Waals surface area contributed by atoms with Gasteiger partial charge in [0.1, 0.15) is 17.1 Å². The fourth-order valence-corrected chi connectivity index (χ4v) is 4.08. The van der Waals surface area contributed by atoms with Gasteiger partial charge in [0.05, 0.1) is 16.3 Å². The van der Waals surface area contributed by atoms with Gasteiger partial charge in [-0.25, -0.2) is 9.18 Å². The second-order valence-electron chi connectivity index (χ2n) is 8.48. The molecule has 0 saturated heterocycles. The van der Waals surface area contributed by atoms with E-state index in [9.17, 15) is 22.4 Å². The number of hydrogen-bond donors (Lipinski definition) is 1. The van der Waals surface area contributed by atoms with Gasteiger partial charge >= 0.3 is 12.3 Å². The molecule has 0 bridgehead atoms. The van der Waals surface area contributed by atoms with Crippen molar-refractivity contribution in [2.75, 3.05) is 0 Å². The number of alkyl halides is 3. The van der Waals surface area contributed by atoms with Crippen molar-refractivity contribution in [2.24, 2.45) is 0 Å². The molecule has 4 rings (SSSR count). The van der Waals surface area contributed by atoms with Crippen LogP contribution in [0.3, 0.4) is 0 Å². The van der Waals surface area contributed by atoms with E-state index in [0.29, 0.717) is 11.6 Å². The van der Waals surface area contributed by atoms with Crippen LogP contribution in [0.4, 0.5) is 22.4 Å². The molecule has 0 saturated carbocycles. The molecule has 0 aliphatic heterocycles. The number of halogens is 5. The van der Waals surface area contributed by atoms with E-state index in [-0.39, 0.29) is 28.5 Å². The third-order valence-electron chi connectivity index (χ3n) is 5.74. The lowest BCUT2D eigenvalue weighted by molar-refractivity contribution is -0.137. The lowest BCUT2D eigenvalue weighted by Gasteiger charge is -2.35. The van der Waals surface area contributed by atoms with Crippen LogP contribution in [0, 0.1) is 12.7 Å². The Morgan fingerprint density at radius 3 is 2.24 bits per heavy atom. The highest BCUT2D eigenvalue weighted by atomic mass is 35.5. The topological polar surface area (TPSA) is 51.2 Å². The van der Waals surface area contributed by atoms with Gasteiger partial charge < -0.3 is 10.1 Å². The molecule has 0 spiro atoms. The summed E-state index contributed by atoms with van der Waals surface area (Å²) in [4.78, 5) is 17.5. The van der Waals surface area contributed by atoms with Crippen molar-refractivity contribution in [1.29, 1.82) is 0 Å². The highest BCUT2D eigenvalue weighted by molar-refractivity contribution is 6.30. The predicted molar refractivity (Wildman–Crippen MR) is 132 cm³/mol. The number of nitrogens with zero attached hydrogens (tertiary/aromatic N) is 1. The Bertz CT molecular complexity index is 1380. The van der Waals surface area contributed by atoms with Crippen molar-refractivity contribution in [2.45, 2.75) is 25.1 Å². The van der Waals surface area contributed by atoms with Crippen molar-refractivity contribution >= 4 is 17.7 Å². The van der Waals surface area contributed by atoms with Crippen LogP contribution >= 0.6 is 11.6 Å². The van der Waals surface area contributed by atoms with Gasteiger partial charge in [0, 0.05) is 12.6 Å². The van der Waals surface area contributed by atoms with E-state index in [0.717, 1.165) is 17.7 Å². The quantitative estimate of drug-likeness (QED) is 0.264. The van der Waals surface area contributed by atoms with Crippen molar-refractivity contribution in [3.8, 4) is 5.75 Å². The summed E-state index contributed by atoms with van der Waals surface area (Å²) in [6.07, 6.45) is -4.56. The molecule has 9 heteroatoms. The summed E-state index contributed by atoms with van der Waals surface area (Å²) in [5, 5.41) is 2.97. The van der Waals surface area contributed by atoms with E-state index in [2.05, 4.69) is 10.3 Å².